The molecule has 11 aromatic rings. The molecule has 11 rings (SSSR count). The molecule has 0 radical (unpaired) electrons. The predicted molar refractivity (Wildman–Crippen MR) is 180 cm³/mol. The zero-order chi connectivity index (χ0) is 27.8. The zero-order valence-corrected chi connectivity index (χ0v) is 23.4. The van der Waals surface area contributed by atoms with Crippen molar-refractivity contribution >= 4 is 103 Å². The molecule has 0 unspecified atom stereocenters. The van der Waals surface area contributed by atoms with E-state index >= 15 is 0 Å². The molecule has 5 heterocycles. The third-order valence-corrected chi connectivity index (χ3v) is 10.2. The molecule has 0 N–H and O–H groups in total. The van der Waals surface area contributed by atoms with Crippen molar-refractivity contribution in [2.75, 3.05) is 0 Å². The van der Waals surface area contributed by atoms with Crippen LogP contribution in [0.3, 0.4) is 0 Å². The lowest BCUT2D eigenvalue weighted by Crippen LogP contribution is -1.89. The summed E-state index contributed by atoms with van der Waals surface area (Å²) in [6.07, 6.45) is 0. The van der Waals surface area contributed by atoms with Crippen LogP contribution in [-0.4, -0.2) is 14.4 Å². The standard InChI is InChI=1S/C38H19N3OS/c1-5-11-30-22(7-1)25-18-21(14-16-31(25)42-30)20-13-15-29-24(17-20)26-19-33-34(23-8-2-6-12-32(23)43-33)35-36-38(41(29)37(26)35)40-28-10-4-3-9-27(28)39-36/h1-19H. The van der Waals surface area contributed by atoms with Crippen molar-refractivity contribution in [3.05, 3.63) is 115 Å². The van der Waals surface area contributed by atoms with E-state index < -0.39 is 0 Å². The van der Waals surface area contributed by atoms with Crippen molar-refractivity contribution in [2.24, 2.45) is 0 Å². The maximum atomic E-state index is 6.11. The number of rotatable bonds is 1. The Morgan fingerprint density at radius 1 is 0.535 bits per heavy atom. The molecule has 5 heteroatoms. The fourth-order valence-electron chi connectivity index (χ4n) is 7.23. The van der Waals surface area contributed by atoms with Crippen LogP contribution in [0.4, 0.5) is 0 Å². The van der Waals surface area contributed by atoms with Gasteiger partial charge in [0.1, 0.15) is 16.7 Å². The van der Waals surface area contributed by atoms with Gasteiger partial charge in [-0.1, -0.05) is 60.7 Å². The van der Waals surface area contributed by atoms with Gasteiger partial charge in [-0.15, -0.1) is 11.3 Å². The highest BCUT2D eigenvalue weighted by Gasteiger charge is 2.24. The third-order valence-electron chi connectivity index (χ3n) is 9.10. The summed E-state index contributed by atoms with van der Waals surface area (Å²) >= 11 is 1.86. The lowest BCUT2D eigenvalue weighted by molar-refractivity contribution is 0.669. The van der Waals surface area contributed by atoms with Gasteiger partial charge >= 0.3 is 0 Å². The van der Waals surface area contributed by atoms with Crippen LogP contribution in [0.15, 0.2) is 120 Å². The van der Waals surface area contributed by atoms with E-state index in [1.807, 2.05) is 35.6 Å². The molecule has 4 nitrogen and oxygen atoms in total. The summed E-state index contributed by atoms with van der Waals surface area (Å²) < 4.78 is 11.0. The van der Waals surface area contributed by atoms with Crippen LogP contribution in [0.1, 0.15) is 0 Å². The Kier molecular flexibility index (Phi) is 3.94. The molecule has 43 heavy (non-hydrogen) atoms. The number of furan rings is 1. The van der Waals surface area contributed by atoms with E-state index in [0.717, 1.165) is 49.7 Å². The van der Waals surface area contributed by atoms with Crippen LogP contribution >= 0.6 is 11.3 Å². The monoisotopic (exact) mass is 565 g/mol. The molecule has 0 aliphatic carbocycles. The van der Waals surface area contributed by atoms with Crippen LogP contribution in [0.2, 0.25) is 0 Å². The highest BCUT2D eigenvalue weighted by atomic mass is 32.1. The van der Waals surface area contributed by atoms with Crippen LogP contribution in [0.25, 0.3) is 103 Å². The van der Waals surface area contributed by atoms with Gasteiger partial charge in [0.05, 0.1) is 22.1 Å². The maximum Gasteiger partial charge on any atom is 0.165 e. The minimum Gasteiger partial charge on any atom is -0.456 e. The molecule has 0 saturated carbocycles. The molecule has 6 aromatic carbocycles. The summed E-state index contributed by atoms with van der Waals surface area (Å²) in [6.45, 7) is 0. The van der Waals surface area contributed by atoms with Crippen LogP contribution in [0.5, 0.6) is 0 Å². The molecule has 0 amide bonds. The van der Waals surface area contributed by atoms with Crippen molar-refractivity contribution in [3.63, 3.8) is 0 Å². The lowest BCUT2D eigenvalue weighted by Gasteiger charge is -2.05. The summed E-state index contributed by atoms with van der Waals surface area (Å²) in [5.41, 5.74) is 10.3. The van der Waals surface area contributed by atoms with Gasteiger partial charge in [0, 0.05) is 47.1 Å². The van der Waals surface area contributed by atoms with E-state index in [-0.39, 0.29) is 0 Å². The third kappa shape index (κ3) is 2.75. The average Bonchev–Trinajstić information content (AvgIpc) is 3.79. The van der Waals surface area contributed by atoms with Crippen molar-refractivity contribution in [1.29, 1.82) is 0 Å². The Balaban J connectivity index is 1.29. The van der Waals surface area contributed by atoms with E-state index in [0.29, 0.717) is 0 Å². The highest BCUT2D eigenvalue weighted by Crippen LogP contribution is 2.47. The highest BCUT2D eigenvalue weighted by molar-refractivity contribution is 7.26. The number of nitrogens with zero attached hydrogens (tertiary/aromatic N) is 3. The quantitative estimate of drug-likeness (QED) is 0.199. The van der Waals surface area contributed by atoms with E-state index in [1.54, 1.807) is 0 Å². The van der Waals surface area contributed by atoms with Crippen LogP contribution in [-0.2, 0) is 0 Å². The van der Waals surface area contributed by atoms with Crippen molar-refractivity contribution in [3.8, 4) is 11.1 Å². The van der Waals surface area contributed by atoms with E-state index in [4.69, 9.17) is 14.4 Å². The molecule has 0 spiro atoms. The maximum absolute atomic E-state index is 6.11. The summed E-state index contributed by atoms with van der Waals surface area (Å²) in [5, 5.41) is 8.50. The minimum atomic E-state index is 0.910. The Morgan fingerprint density at radius 2 is 1.26 bits per heavy atom. The molecule has 0 bridgehead atoms. The van der Waals surface area contributed by atoms with Gasteiger partial charge in [0.15, 0.2) is 5.65 Å². The SMILES string of the molecule is c1ccc2nc3c(nc2c1)c1c2c(cc4c5cc(-c6ccc7oc8ccccc8c7c6)ccc5n3c41)sc1ccccc12. The molecule has 198 valence electrons. The summed E-state index contributed by atoms with van der Waals surface area (Å²) in [4.78, 5) is 10.5. The van der Waals surface area contributed by atoms with Gasteiger partial charge in [-0.2, -0.15) is 0 Å². The van der Waals surface area contributed by atoms with Gasteiger partial charge in [-0.25, -0.2) is 9.97 Å². The topological polar surface area (TPSA) is 43.3 Å². The number of hydrogen-bond acceptors (Lipinski definition) is 4. The predicted octanol–water partition coefficient (Wildman–Crippen LogP) is 10.7. The molecule has 5 aromatic heterocycles. The summed E-state index contributed by atoms with van der Waals surface area (Å²) in [6, 6.07) is 40.9. The second-order valence-electron chi connectivity index (χ2n) is 11.4. The van der Waals surface area contributed by atoms with Crippen molar-refractivity contribution < 1.29 is 4.42 Å². The smallest absolute Gasteiger partial charge is 0.165 e. The Bertz CT molecular complexity index is 2960. The number of hydrogen-bond donors (Lipinski definition) is 0. The Labute approximate surface area is 247 Å². The molecular weight excluding hydrogens is 547 g/mol. The first-order valence-corrected chi connectivity index (χ1v) is 15.2. The van der Waals surface area contributed by atoms with E-state index in [9.17, 15) is 0 Å². The number of para-hydroxylation sites is 3. The van der Waals surface area contributed by atoms with E-state index in [2.05, 4.69) is 95.4 Å². The fourth-order valence-corrected chi connectivity index (χ4v) is 8.39. The van der Waals surface area contributed by atoms with Gasteiger partial charge < -0.3 is 4.42 Å². The lowest BCUT2D eigenvalue weighted by atomic mass is 9.99. The Morgan fingerprint density at radius 3 is 2.16 bits per heavy atom. The first-order valence-electron chi connectivity index (χ1n) is 14.4. The summed E-state index contributed by atoms with van der Waals surface area (Å²) in [7, 11) is 0. The average molecular weight is 566 g/mol. The largest absolute Gasteiger partial charge is 0.456 e. The second kappa shape index (κ2) is 7.65. The molecular formula is C38H19N3OS. The second-order valence-corrected chi connectivity index (χ2v) is 12.5. The van der Waals surface area contributed by atoms with E-state index in [1.165, 1.54) is 53.0 Å². The number of benzene rings is 6. The van der Waals surface area contributed by atoms with Crippen LogP contribution in [0, 0.1) is 0 Å². The zero-order valence-electron chi connectivity index (χ0n) is 22.6. The molecule has 0 aliphatic rings. The minimum absolute atomic E-state index is 0.910. The Hall–Kier alpha value is -5.52. The van der Waals surface area contributed by atoms with Gasteiger partial charge in [-0.05, 0) is 65.7 Å². The number of fused-ring (bicyclic) bond motifs is 14. The van der Waals surface area contributed by atoms with Gasteiger partial charge in [-0.3, -0.25) is 4.40 Å². The normalized spacial score (nSPS) is 12.7. The van der Waals surface area contributed by atoms with Gasteiger partial charge in [0.2, 0.25) is 0 Å². The molecule has 0 saturated heterocycles. The molecule has 0 fully saturated rings. The first-order chi connectivity index (χ1) is 21.3. The molecule has 0 atom stereocenters. The fraction of sp³-hybridized carbons (Fsp3) is 0. The molecule has 0 aliphatic heterocycles. The van der Waals surface area contributed by atoms with Crippen molar-refractivity contribution in [1.82, 2.24) is 14.4 Å². The van der Waals surface area contributed by atoms with Gasteiger partial charge in [0.25, 0.3) is 0 Å². The first kappa shape index (κ1) is 22.1. The summed E-state index contributed by atoms with van der Waals surface area (Å²) in [5.74, 6) is 0. The number of aromatic nitrogens is 3. The number of thiophene rings is 1. The van der Waals surface area contributed by atoms with Crippen LogP contribution < -0.4 is 0 Å². The van der Waals surface area contributed by atoms with Crippen molar-refractivity contribution in [2.45, 2.75) is 0 Å².